The van der Waals surface area contributed by atoms with Crippen molar-refractivity contribution < 1.29 is 5.11 Å². The molecule has 3 aromatic rings. The van der Waals surface area contributed by atoms with Gasteiger partial charge in [-0.05, 0) is 37.1 Å². The Hall–Kier alpha value is -2.74. The highest BCUT2D eigenvalue weighted by atomic mass is 16.3. The number of anilines is 1. The average Bonchev–Trinajstić information content (AvgIpc) is 2.66. The lowest BCUT2D eigenvalue weighted by Crippen LogP contribution is -2.24. The molecule has 1 N–H and O–H groups in total. The Morgan fingerprint density at radius 3 is 1.92 bits per heavy atom. The maximum Gasteiger partial charge on any atom is 0.119 e. The van der Waals surface area contributed by atoms with Gasteiger partial charge in [-0.25, -0.2) is 0 Å². The Morgan fingerprint density at radius 2 is 1.28 bits per heavy atom. The first-order valence-electron chi connectivity index (χ1n) is 8.93. The molecule has 1 unspecified atom stereocenters. The Labute approximate surface area is 150 Å². The van der Waals surface area contributed by atoms with E-state index in [0.717, 1.165) is 18.7 Å². The molecule has 0 aliphatic carbocycles. The molecule has 25 heavy (non-hydrogen) atoms. The van der Waals surface area contributed by atoms with Crippen LogP contribution in [0.15, 0.2) is 78.9 Å². The lowest BCUT2D eigenvalue weighted by atomic mass is 9.83. The van der Waals surface area contributed by atoms with Gasteiger partial charge in [0.1, 0.15) is 5.75 Å². The van der Waals surface area contributed by atoms with Gasteiger partial charge < -0.3 is 10.0 Å². The molecule has 0 spiro atoms. The van der Waals surface area contributed by atoms with Gasteiger partial charge in [0.15, 0.2) is 0 Å². The third-order valence-corrected chi connectivity index (χ3v) is 4.73. The van der Waals surface area contributed by atoms with E-state index >= 15 is 0 Å². The van der Waals surface area contributed by atoms with Crippen molar-refractivity contribution in [2.45, 2.75) is 19.8 Å². The van der Waals surface area contributed by atoms with Crippen LogP contribution in [0.3, 0.4) is 0 Å². The van der Waals surface area contributed by atoms with Gasteiger partial charge >= 0.3 is 0 Å². The number of phenols is 1. The summed E-state index contributed by atoms with van der Waals surface area (Å²) in [4.78, 5) is 2.37. The van der Waals surface area contributed by atoms with Crippen molar-refractivity contribution in [3.63, 3.8) is 0 Å². The first-order chi connectivity index (χ1) is 12.3. The molecular weight excluding hydrogens is 306 g/mol. The second-order valence-electron chi connectivity index (χ2n) is 6.13. The van der Waals surface area contributed by atoms with Crippen LogP contribution in [-0.4, -0.2) is 18.2 Å². The van der Waals surface area contributed by atoms with E-state index in [1.165, 1.54) is 16.8 Å². The number of para-hydroxylation sites is 2. The highest BCUT2D eigenvalue weighted by Crippen LogP contribution is 2.40. The average molecular weight is 331 g/mol. The number of hydrogen-bond donors (Lipinski definition) is 1. The third-order valence-electron chi connectivity index (χ3n) is 4.73. The molecule has 0 fully saturated rings. The molecule has 0 saturated heterocycles. The van der Waals surface area contributed by atoms with E-state index in [1.54, 1.807) is 6.07 Å². The number of benzene rings is 3. The van der Waals surface area contributed by atoms with Gasteiger partial charge in [0.2, 0.25) is 0 Å². The largest absolute Gasteiger partial charge is 0.508 e. The molecule has 2 heteroatoms. The molecule has 0 aliphatic heterocycles. The highest BCUT2D eigenvalue weighted by molar-refractivity contribution is 5.61. The van der Waals surface area contributed by atoms with Crippen molar-refractivity contribution in [1.82, 2.24) is 0 Å². The molecule has 0 radical (unpaired) electrons. The fourth-order valence-corrected chi connectivity index (χ4v) is 3.49. The van der Waals surface area contributed by atoms with E-state index in [9.17, 15) is 5.11 Å². The number of nitrogens with zero attached hydrogens (tertiary/aromatic N) is 1. The molecule has 3 rings (SSSR count). The molecule has 1 atom stereocenters. The summed E-state index contributed by atoms with van der Waals surface area (Å²) < 4.78 is 0. The number of rotatable bonds is 6. The van der Waals surface area contributed by atoms with Crippen molar-refractivity contribution >= 4 is 5.69 Å². The van der Waals surface area contributed by atoms with E-state index in [1.807, 2.05) is 24.3 Å². The topological polar surface area (TPSA) is 23.5 Å². The van der Waals surface area contributed by atoms with Crippen LogP contribution >= 0.6 is 0 Å². The van der Waals surface area contributed by atoms with Crippen molar-refractivity contribution in [2.24, 2.45) is 0 Å². The minimum absolute atomic E-state index is 0.000741. The zero-order chi connectivity index (χ0) is 17.6. The SMILES string of the molecule is CCN(CC)c1ccccc1C(c1ccccc1)c1ccccc1O. The summed E-state index contributed by atoms with van der Waals surface area (Å²) >= 11 is 0. The molecule has 0 saturated carbocycles. The van der Waals surface area contributed by atoms with E-state index in [-0.39, 0.29) is 5.92 Å². The standard InChI is InChI=1S/C23H25NO/c1-3-24(4-2)21-16-10-8-14-19(21)23(18-12-6-5-7-13-18)20-15-9-11-17-22(20)25/h5-17,23,25H,3-4H2,1-2H3. The van der Waals surface area contributed by atoms with Crippen LogP contribution in [-0.2, 0) is 0 Å². The Morgan fingerprint density at radius 1 is 0.720 bits per heavy atom. The highest BCUT2D eigenvalue weighted by Gasteiger charge is 2.23. The Bertz CT molecular complexity index is 809. The molecule has 128 valence electrons. The van der Waals surface area contributed by atoms with E-state index in [0.29, 0.717) is 5.75 Å². The Kier molecular flexibility index (Phi) is 5.39. The van der Waals surface area contributed by atoms with Crippen LogP contribution in [0.5, 0.6) is 5.75 Å². The monoisotopic (exact) mass is 331 g/mol. The summed E-state index contributed by atoms with van der Waals surface area (Å²) in [5, 5.41) is 10.5. The molecule has 0 heterocycles. The van der Waals surface area contributed by atoms with Gasteiger partial charge in [-0.3, -0.25) is 0 Å². The summed E-state index contributed by atoms with van der Waals surface area (Å²) in [5.74, 6) is 0.338. The van der Waals surface area contributed by atoms with Crippen LogP contribution < -0.4 is 4.90 Å². The van der Waals surface area contributed by atoms with Crippen molar-refractivity contribution in [1.29, 1.82) is 0 Å². The molecular formula is C23H25NO. The summed E-state index contributed by atoms with van der Waals surface area (Å²) in [7, 11) is 0. The molecule has 0 aliphatic rings. The number of hydrogen-bond acceptors (Lipinski definition) is 2. The zero-order valence-corrected chi connectivity index (χ0v) is 14.9. The van der Waals surface area contributed by atoms with Gasteiger partial charge in [0.05, 0.1) is 0 Å². The van der Waals surface area contributed by atoms with Gasteiger partial charge in [0.25, 0.3) is 0 Å². The van der Waals surface area contributed by atoms with Gasteiger partial charge in [0, 0.05) is 30.3 Å². The van der Waals surface area contributed by atoms with Gasteiger partial charge in [-0.2, -0.15) is 0 Å². The summed E-state index contributed by atoms with van der Waals surface area (Å²) in [5.41, 5.74) is 4.57. The minimum atomic E-state index is -0.000741. The maximum atomic E-state index is 10.5. The summed E-state index contributed by atoms with van der Waals surface area (Å²) in [6.07, 6.45) is 0. The molecule has 0 amide bonds. The maximum absolute atomic E-state index is 10.5. The van der Waals surface area contributed by atoms with Crippen LogP contribution in [0, 0.1) is 0 Å². The Balaban J connectivity index is 2.22. The minimum Gasteiger partial charge on any atom is -0.508 e. The van der Waals surface area contributed by atoms with E-state index in [2.05, 4.69) is 67.3 Å². The second-order valence-corrected chi connectivity index (χ2v) is 6.13. The second kappa shape index (κ2) is 7.89. The predicted octanol–water partition coefficient (Wildman–Crippen LogP) is 5.42. The van der Waals surface area contributed by atoms with Crippen molar-refractivity contribution in [3.05, 3.63) is 95.6 Å². The van der Waals surface area contributed by atoms with Crippen LogP contribution in [0.2, 0.25) is 0 Å². The number of phenolic OH excluding ortho intramolecular Hbond substituents is 1. The first-order valence-corrected chi connectivity index (χ1v) is 8.93. The molecule has 2 nitrogen and oxygen atoms in total. The lowest BCUT2D eigenvalue weighted by Gasteiger charge is -2.29. The smallest absolute Gasteiger partial charge is 0.119 e. The predicted molar refractivity (Wildman–Crippen MR) is 105 cm³/mol. The first kappa shape index (κ1) is 17.1. The van der Waals surface area contributed by atoms with E-state index < -0.39 is 0 Å². The van der Waals surface area contributed by atoms with Gasteiger partial charge in [-0.15, -0.1) is 0 Å². The molecule has 3 aromatic carbocycles. The quantitative estimate of drug-likeness (QED) is 0.610. The van der Waals surface area contributed by atoms with Gasteiger partial charge in [-0.1, -0.05) is 66.7 Å². The summed E-state index contributed by atoms with van der Waals surface area (Å²) in [6.45, 7) is 6.27. The third kappa shape index (κ3) is 3.53. The fraction of sp³-hybridized carbons (Fsp3) is 0.217. The van der Waals surface area contributed by atoms with Crippen LogP contribution in [0.1, 0.15) is 36.5 Å². The zero-order valence-electron chi connectivity index (χ0n) is 14.9. The molecule has 0 aromatic heterocycles. The fourth-order valence-electron chi connectivity index (χ4n) is 3.49. The van der Waals surface area contributed by atoms with Crippen LogP contribution in [0.25, 0.3) is 0 Å². The normalized spacial score (nSPS) is 11.9. The molecule has 0 bridgehead atoms. The number of aromatic hydroxyl groups is 1. The van der Waals surface area contributed by atoms with Crippen LogP contribution in [0.4, 0.5) is 5.69 Å². The lowest BCUT2D eigenvalue weighted by molar-refractivity contribution is 0.467. The van der Waals surface area contributed by atoms with Crippen molar-refractivity contribution in [3.8, 4) is 5.75 Å². The van der Waals surface area contributed by atoms with Crippen molar-refractivity contribution in [2.75, 3.05) is 18.0 Å². The van der Waals surface area contributed by atoms with E-state index in [4.69, 9.17) is 0 Å². The summed E-state index contributed by atoms with van der Waals surface area (Å²) in [6, 6.07) is 26.6.